The zero-order chi connectivity index (χ0) is 11.4. The highest BCUT2D eigenvalue weighted by Gasteiger charge is 2.31. The lowest BCUT2D eigenvalue weighted by atomic mass is 10.0. The van der Waals surface area contributed by atoms with Gasteiger partial charge in [0.15, 0.2) is 0 Å². The molecule has 0 aromatic rings. The molecule has 3 N–H and O–H groups in total. The Kier molecular flexibility index (Phi) is 4.08. The lowest BCUT2D eigenvalue weighted by Crippen LogP contribution is -2.34. The van der Waals surface area contributed by atoms with Gasteiger partial charge in [-0.2, -0.15) is 0 Å². The van der Waals surface area contributed by atoms with Gasteiger partial charge in [-0.05, 0) is 18.8 Å². The minimum atomic E-state index is -0.835. The molecular weight excluding hydrogens is 196 g/mol. The molecule has 5 heteroatoms. The van der Waals surface area contributed by atoms with E-state index in [1.807, 2.05) is 0 Å². The second-order valence-electron chi connectivity index (χ2n) is 4.34. The fourth-order valence-corrected chi connectivity index (χ4v) is 1.70. The first-order valence-electron chi connectivity index (χ1n) is 5.27. The van der Waals surface area contributed by atoms with Gasteiger partial charge in [0, 0.05) is 6.42 Å². The molecule has 2 atom stereocenters. The average molecular weight is 214 g/mol. The Bertz CT molecular complexity index is 253. The summed E-state index contributed by atoms with van der Waals surface area (Å²) in [5.41, 5.74) is 0. The van der Waals surface area contributed by atoms with Gasteiger partial charge in [-0.3, -0.25) is 14.9 Å². The zero-order valence-electron chi connectivity index (χ0n) is 9.12. The van der Waals surface area contributed by atoms with E-state index in [4.69, 9.17) is 5.11 Å². The Morgan fingerprint density at radius 3 is 2.73 bits per heavy atom. The Labute approximate surface area is 89.2 Å². The number of carbonyl (C=O) groups excluding carboxylic acids is 1. The summed E-state index contributed by atoms with van der Waals surface area (Å²) in [5.74, 6) is -0.399. The molecule has 1 aliphatic heterocycles. The number of hydrogen-bond acceptors (Lipinski definition) is 3. The predicted octanol–water partition coefficient (Wildman–Crippen LogP) is 0.311. The zero-order valence-corrected chi connectivity index (χ0v) is 9.12. The van der Waals surface area contributed by atoms with E-state index >= 15 is 0 Å². The van der Waals surface area contributed by atoms with Crippen LogP contribution < -0.4 is 10.6 Å². The number of hydrogen-bond donors (Lipinski definition) is 3. The molecule has 0 radical (unpaired) electrons. The molecular formula is C10H18N2O3. The molecule has 0 aliphatic carbocycles. The molecule has 86 valence electrons. The van der Waals surface area contributed by atoms with Crippen molar-refractivity contribution >= 4 is 11.9 Å². The summed E-state index contributed by atoms with van der Waals surface area (Å²) in [5, 5.41) is 14.4. The van der Waals surface area contributed by atoms with E-state index in [0.29, 0.717) is 12.3 Å². The number of carboxylic acid groups (broad SMARTS) is 1. The van der Waals surface area contributed by atoms with Crippen LogP contribution >= 0.6 is 0 Å². The lowest BCUT2D eigenvalue weighted by Gasteiger charge is -2.12. The van der Waals surface area contributed by atoms with Gasteiger partial charge in [0.2, 0.25) is 5.91 Å². The van der Waals surface area contributed by atoms with Crippen LogP contribution in [0.3, 0.4) is 0 Å². The highest BCUT2D eigenvalue weighted by atomic mass is 16.4. The molecule has 0 bridgehead atoms. The maximum atomic E-state index is 11.4. The third-order valence-corrected chi connectivity index (χ3v) is 2.39. The number of amides is 1. The maximum Gasteiger partial charge on any atom is 0.303 e. The van der Waals surface area contributed by atoms with E-state index < -0.39 is 5.97 Å². The summed E-state index contributed by atoms with van der Waals surface area (Å²) in [4.78, 5) is 21.8. The van der Waals surface area contributed by atoms with E-state index in [0.717, 1.165) is 6.42 Å². The Morgan fingerprint density at radius 2 is 2.20 bits per heavy atom. The molecule has 1 heterocycles. The molecule has 0 aromatic carbocycles. The normalized spacial score (nSPS) is 25.7. The third-order valence-electron chi connectivity index (χ3n) is 2.39. The smallest absolute Gasteiger partial charge is 0.303 e. The number of carbonyl (C=O) groups is 2. The molecule has 1 amide bonds. The van der Waals surface area contributed by atoms with Crippen molar-refractivity contribution in [2.75, 3.05) is 0 Å². The van der Waals surface area contributed by atoms with Crippen LogP contribution in [0.2, 0.25) is 0 Å². The van der Waals surface area contributed by atoms with Gasteiger partial charge in [0.25, 0.3) is 0 Å². The predicted molar refractivity (Wildman–Crippen MR) is 55.2 cm³/mol. The highest BCUT2D eigenvalue weighted by molar-refractivity contribution is 5.84. The van der Waals surface area contributed by atoms with Crippen LogP contribution in [0, 0.1) is 5.92 Å². The van der Waals surface area contributed by atoms with Gasteiger partial charge in [-0.25, -0.2) is 0 Å². The summed E-state index contributed by atoms with van der Waals surface area (Å²) in [7, 11) is 0. The number of nitrogens with one attached hydrogen (secondary N) is 2. The van der Waals surface area contributed by atoms with Crippen molar-refractivity contribution < 1.29 is 14.7 Å². The average Bonchev–Trinajstić information content (AvgIpc) is 2.43. The van der Waals surface area contributed by atoms with E-state index in [1.165, 1.54) is 0 Å². The number of rotatable bonds is 5. The fraction of sp³-hybridized carbons (Fsp3) is 0.800. The maximum absolute atomic E-state index is 11.4. The second-order valence-corrected chi connectivity index (χ2v) is 4.34. The van der Waals surface area contributed by atoms with E-state index in [2.05, 4.69) is 24.5 Å². The van der Waals surface area contributed by atoms with Crippen LogP contribution in [-0.4, -0.2) is 29.2 Å². The molecule has 1 unspecified atom stereocenters. The Hall–Kier alpha value is -1.10. The minimum absolute atomic E-state index is 0.0147. The lowest BCUT2D eigenvalue weighted by molar-refractivity contribution is -0.137. The summed E-state index contributed by atoms with van der Waals surface area (Å²) in [6.45, 7) is 4.11. The minimum Gasteiger partial charge on any atom is -0.481 e. The number of carboxylic acids is 1. The monoisotopic (exact) mass is 214 g/mol. The van der Waals surface area contributed by atoms with Crippen LogP contribution in [0.1, 0.15) is 33.1 Å². The van der Waals surface area contributed by atoms with Crippen LogP contribution in [0.25, 0.3) is 0 Å². The number of aliphatic carboxylic acids is 1. The van der Waals surface area contributed by atoms with Crippen molar-refractivity contribution in [3.8, 4) is 0 Å². The van der Waals surface area contributed by atoms with Crippen molar-refractivity contribution in [1.82, 2.24) is 10.6 Å². The summed E-state index contributed by atoms with van der Waals surface area (Å²) >= 11 is 0. The van der Waals surface area contributed by atoms with Crippen LogP contribution in [-0.2, 0) is 9.59 Å². The van der Waals surface area contributed by atoms with Crippen molar-refractivity contribution in [3.63, 3.8) is 0 Å². The summed E-state index contributed by atoms with van der Waals surface area (Å²) in [6, 6.07) is -0.163. The third kappa shape index (κ3) is 3.87. The first-order valence-corrected chi connectivity index (χ1v) is 5.27. The van der Waals surface area contributed by atoms with E-state index in [-0.39, 0.29) is 24.5 Å². The van der Waals surface area contributed by atoms with Crippen molar-refractivity contribution in [2.45, 2.75) is 45.3 Å². The topological polar surface area (TPSA) is 78.4 Å². The quantitative estimate of drug-likeness (QED) is 0.615. The molecule has 1 rings (SSSR count). The first kappa shape index (κ1) is 12.0. The van der Waals surface area contributed by atoms with Gasteiger partial charge in [-0.1, -0.05) is 13.8 Å². The largest absolute Gasteiger partial charge is 0.481 e. The van der Waals surface area contributed by atoms with Crippen molar-refractivity contribution in [1.29, 1.82) is 0 Å². The van der Waals surface area contributed by atoms with E-state index in [1.54, 1.807) is 0 Å². The molecule has 5 nitrogen and oxygen atoms in total. The molecule has 1 saturated heterocycles. The molecule has 0 aromatic heterocycles. The van der Waals surface area contributed by atoms with E-state index in [9.17, 15) is 9.59 Å². The molecule has 0 saturated carbocycles. The van der Waals surface area contributed by atoms with Gasteiger partial charge >= 0.3 is 5.97 Å². The molecule has 15 heavy (non-hydrogen) atoms. The molecule has 1 fully saturated rings. The molecule has 1 aliphatic rings. The van der Waals surface area contributed by atoms with Crippen molar-refractivity contribution in [3.05, 3.63) is 0 Å². The SMILES string of the molecule is CC(C)C[C@@H]1NC(CCC(=O)O)NC1=O. The Morgan fingerprint density at radius 1 is 1.53 bits per heavy atom. The van der Waals surface area contributed by atoms with Crippen LogP contribution in [0.4, 0.5) is 0 Å². The van der Waals surface area contributed by atoms with Gasteiger partial charge < -0.3 is 10.4 Å². The van der Waals surface area contributed by atoms with Crippen LogP contribution in [0.5, 0.6) is 0 Å². The standard InChI is InChI=1S/C10H18N2O3/c1-6(2)5-7-10(15)12-8(11-7)3-4-9(13)14/h6-8,11H,3-5H2,1-2H3,(H,12,15)(H,13,14)/t7-,8?/m0/s1. The van der Waals surface area contributed by atoms with Crippen LogP contribution in [0.15, 0.2) is 0 Å². The first-order chi connectivity index (χ1) is 6.99. The Balaban J connectivity index is 2.35. The van der Waals surface area contributed by atoms with Crippen molar-refractivity contribution in [2.24, 2.45) is 5.92 Å². The summed E-state index contributed by atoms with van der Waals surface area (Å²) < 4.78 is 0. The summed E-state index contributed by atoms with van der Waals surface area (Å²) in [6.07, 6.45) is 1.12. The van der Waals surface area contributed by atoms with Gasteiger partial charge in [-0.15, -0.1) is 0 Å². The molecule has 0 spiro atoms. The second kappa shape index (κ2) is 5.11. The fourth-order valence-electron chi connectivity index (χ4n) is 1.70. The highest BCUT2D eigenvalue weighted by Crippen LogP contribution is 2.11. The van der Waals surface area contributed by atoms with Gasteiger partial charge in [0.05, 0.1) is 12.2 Å². The van der Waals surface area contributed by atoms with Gasteiger partial charge in [0.1, 0.15) is 0 Å².